The molecule has 2 aromatic rings. The zero-order chi connectivity index (χ0) is 13.0. The Bertz CT molecular complexity index is 554. The monoisotopic (exact) mass is 355 g/mol. The van der Waals surface area contributed by atoms with E-state index < -0.39 is 6.16 Å². The highest BCUT2D eigenvalue weighted by Crippen LogP contribution is 2.19. The van der Waals surface area contributed by atoms with Crippen LogP contribution in [-0.2, 0) is 6.42 Å². The van der Waals surface area contributed by atoms with Crippen molar-refractivity contribution >= 4 is 28.7 Å². The zero-order valence-corrected chi connectivity index (χ0v) is 11.5. The molecule has 0 aliphatic rings. The summed E-state index contributed by atoms with van der Waals surface area (Å²) in [5.41, 5.74) is 1.83. The van der Waals surface area contributed by atoms with Gasteiger partial charge in [-0.1, -0.05) is 18.2 Å². The molecule has 0 aliphatic carbocycles. The molecule has 1 aromatic heterocycles. The van der Waals surface area contributed by atoms with Crippen LogP contribution >= 0.6 is 22.6 Å². The fourth-order valence-electron chi connectivity index (χ4n) is 1.56. The lowest BCUT2D eigenvalue weighted by Crippen LogP contribution is -2.07. The van der Waals surface area contributed by atoms with Gasteiger partial charge in [0.2, 0.25) is 5.88 Å². The van der Waals surface area contributed by atoms with Gasteiger partial charge in [0, 0.05) is 21.8 Å². The van der Waals surface area contributed by atoms with Crippen LogP contribution in [0.25, 0.3) is 0 Å². The lowest BCUT2D eigenvalue weighted by atomic mass is 10.1. The summed E-state index contributed by atoms with van der Waals surface area (Å²) < 4.78 is 5.80. The molecule has 0 unspecified atom stereocenters. The summed E-state index contributed by atoms with van der Waals surface area (Å²) in [6.07, 6.45) is 0.751. The minimum atomic E-state index is -1.35. The SMILES string of the molecule is O=C(O)Oc1ncccc1Cc1ccc(I)cc1. The summed E-state index contributed by atoms with van der Waals surface area (Å²) in [7, 11) is 0. The maximum atomic E-state index is 10.6. The Hall–Kier alpha value is -1.63. The number of benzene rings is 1. The van der Waals surface area contributed by atoms with Crippen LogP contribution in [0.2, 0.25) is 0 Å². The van der Waals surface area contributed by atoms with Crippen LogP contribution in [0.1, 0.15) is 11.1 Å². The largest absolute Gasteiger partial charge is 0.512 e. The maximum Gasteiger partial charge on any atom is 0.512 e. The summed E-state index contributed by atoms with van der Waals surface area (Å²) >= 11 is 2.24. The summed E-state index contributed by atoms with van der Waals surface area (Å²) in [5.74, 6) is 0.142. The van der Waals surface area contributed by atoms with Crippen molar-refractivity contribution in [2.45, 2.75) is 6.42 Å². The van der Waals surface area contributed by atoms with Gasteiger partial charge < -0.3 is 9.84 Å². The van der Waals surface area contributed by atoms with E-state index in [-0.39, 0.29) is 5.88 Å². The van der Waals surface area contributed by atoms with Gasteiger partial charge in [0.1, 0.15) is 0 Å². The first-order valence-corrected chi connectivity index (χ1v) is 6.32. The third-order valence-electron chi connectivity index (χ3n) is 2.34. The molecule has 18 heavy (non-hydrogen) atoms. The minimum absolute atomic E-state index is 0.142. The molecular formula is C13H10INO3. The number of nitrogens with zero attached hydrogens (tertiary/aromatic N) is 1. The molecule has 1 N–H and O–H groups in total. The Kier molecular flexibility index (Phi) is 4.14. The zero-order valence-electron chi connectivity index (χ0n) is 9.34. The van der Waals surface area contributed by atoms with E-state index in [1.165, 1.54) is 6.20 Å². The van der Waals surface area contributed by atoms with E-state index in [4.69, 9.17) is 5.11 Å². The van der Waals surface area contributed by atoms with Gasteiger partial charge in [0.05, 0.1) is 0 Å². The fourth-order valence-corrected chi connectivity index (χ4v) is 1.92. The van der Waals surface area contributed by atoms with Gasteiger partial charge in [-0.05, 0) is 46.4 Å². The van der Waals surface area contributed by atoms with Crippen molar-refractivity contribution in [2.24, 2.45) is 0 Å². The van der Waals surface area contributed by atoms with Gasteiger partial charge in [0.25, 0.3) is 0 Å². The molecule has 0 aliphatic heterocycles. The molecule has 2 rings (SSSR count). The lowest BCUT2D eigenvalue weighted by Gasteiger charge is -2.06. The standard InChI is InChI=1S/C13H10INO3/c14-11-5-3-9(4-6-11)8-10-2-1-7-15-12(10)18-13(16)17/h1-7H,8H2,(H,16,17). The molecule has 0 bridgehead atoms. The third-order valence-corrected chi connectivity index (χ3v) is 3.06. The predicted molar refractivity (Wildman–Crippen MR) is 74.9 cm³/mol. The number of hydrogen-bond acceptors (Lipinski definition) is 3. The summed E-state index contributed by atoms with van der Waals surface area (Å²) in [5, 5.41) is 8.63. The van der Waals surface area contributed by atoms with E-state index in [1.807, 2.05) is 30.3 Å². The first-order chi connectivity index (χ1) is 8.65. The molecule has 4 nitrogen and oxygen atoms in total. The number of carbonyl (C=O) groups is 1. The van der Waals surface area contributed by atoms with Crippen LogP contribution in [0, 0.1) is 3.57 Å². The molecule has 0 amide bonds. The molecule has 1 heterocycles. The first-order valence-electron chi connectivity index (χ1n) is 5.24. The molecule has 1 aromatic carbocycles. The van der Waals surface area contributed by atoms with E-state index in [2.05, 4.69) is 32.3 Å². The highest BCUT2D eigenvalue weighted by molar-refractivity contribution is 14.1. The highest BCUT2D eigenvalue weighted by atomic mass is 127. The van der Waals surface area contributed by atoms with Gasteiger partial charge in [0.15, 0.2) is 0 Å². The molecule has 0 fully saturated rings. The van der Waals surface area contributed by atoms with Crippen molar-refractivity contribution < 1.29 is 14.6 Å². The van der Waals surface area contributed by atoms with Crippen LogP contribution in [0.5, 0.6) is 5.88 Å². The summed E-state index contributed by atoms with van der Waals surface area (Å²) in [4.78, 5) is 14.5. The van der Waals surface area contributed by atoms with Crippen molar-refractivity contribution in [1.82, 2.24) is 4.98 Å². The number of hydrogen-bond donors (Lipinski definition) is 1. The van der Waals surface area contributed by atoms with Crippen LogP contribution in [0.3, 0.4) is 0 Å². The number of carboxylic acid groups (broad SMARTS) is 1. The Morgan fingerprint density at radius 1 is 1.28 bits per heavy atom. The predicted octanol–water partition coefficient (Wildman–Crippen LogP) is 3.33. The van der Waals surface area contributed by atoms with E-state index in [0.717, 1.165) is 14.7 Å². The Balaban J connectivity index is 2.23. The van der Waals surface area contributed by atoms with Gasteiger partial charge in [-0.25, -0.2) is 9.78 Å². The van der Waals surface area contributed by atoms with Gasteiger partial charge in [-0.3, -0.25) is 0 Å². The number of ether oxygens (including phenoxy) is 1. The second-order valence-electron chi connectivity index (χ2n) is 3.64. The minimum Gasteiger partial charge on any atom is -0.449 e. The molecular weight excluding hydrogens is 345 g/mol. The third kappa shape index (κ3) is 3.43. The molecule has 0 radical (unpaired) electrons. The molecule has 0 atom stereocenters. The van der Waals surface area contributed by atoms with Crippen LogP contribution < -0.4 is 4.74 Å². The molecule has 0 saturated heterocycles. The van der Waals surface area contributed by atoms with E-state index >= 15 is 0 Å². The average Bonchev–Trinajstić information content (AvgIpc) is 2.34. The normalized spacial score (nSPS) is 10.1. The maximum absolute atomic E-state index is 10.6. The summed E-state index contributed by atoms with van der Waals surface area (Å²) in [6, 6.07) is 11.6. The van der Waals surface area contributed by atoms with Gasteiger partial charge in [-0.15, -0.1) is 0 Å². The average molecular weight is 355 g/mol. The first kappa shape index (κ1) is 12.8. The second kappa shape index (κ2) is 5.81. The second-order valence-corrected chi connectivity index (χ2v) is 4.88. The number of halogens is 1. The van der Waals surface area contributed by atoms with Gasteiger partial charge >= 0.3 is 6.16 Å². The Morgan fingerprint density at radius 3 is 2.67 bits per heavy atom. The fraction of sp³-hybridized carbons (Fsp3) is 0.0769. The van der Waals surface area contributed by atoms with Crippen LogP contribution in [-0.4, -0.2) is 16.2 Å². The van der Waals surface area contributed by atoms with E-state index in [9.17, 15) is 4.79 Å². The topological polar surface area (TPSA) is 59.4 Å². The van der Waals surface area contributed by atoms with Crippen LogP contribution in [0.4, 0.5) is 4.79 Å². The van der Waals surface area contributed by atoms with Crippen molar-refractivity contribution in [2.75, 3.05) is 0 Å². The Labute approximate surface area is 118 Å². The van der Waals surface area contributed by atoms with Crippen molar-refractivity contribution in [1.29, 1.82) is 0 Å². The van der Waals surface area contributed by atoms with E-state index in [0.29, 0.717) is 6.42 Å². The Morgan fingerprint density at radius 2 is 2.00 bits per heavy atom. The quantitative estimate of drug-likeness (QED) is 0.678. The number of rotatable bonds is 3. The molecule has 0 spiro atoms. The molecule has 0 saturated carbocycles. The molecule has 92 valence electrons. The van der Waals surface area contributed by atoms with Crippen LogP contribution in [0.15, 0.2) is 42.6 Å². The van der Waals surface area contributed by atoms with Crippen molar-refractivity contribution in [3.63, 3.8) is 0 Å². The van der Waals surface area contributed by atoms with Gasteiger partial charge in [-0.2, -0.15) is 0 Å². The highest BCUT2D eigenvalue weighted by Gasteiger charge is 2.09. The smallest absolute Gasteiger partial charge is 0.449 e. The van der Waals surface area contributed by atoms with Crippen molar-refractivity contribution in [3.05, 3.63) is 57.3 Å². The lowest BCUT2D eigenvalue weighted by molar-refractivity contribution is 0.142. The van der Waals surface area contributed by atoms with Crippen molar-refractivity contribution in [3.8, 4) is 5.88 Å². The number of pyridine rings is 1. The van der Waals surface area contributed by atoms with E-state index in [1.54, 1.807) is 6.07 Å². The number of aromatic nitrogens is 1. The molecule has 5 heteroatoms. The summed E-state index contributed by atoms with van der Waals surface area (Å²) in [6.45, 7) is 0.